The lowest BCUT2D eigenvalue weighted by Gasteiger charge is -2.00. The number of aliphatic carboxylic acids is 1. The molecule has 0 aliphatic rings. The van der Waals surface area contributed by atoms with Crippen molar-refractivity contribution in [1.29, 1.82) is 0 Å². The van der Waals surface area contributed by atoms with E-state index in [-0.39, 0.29) is 17.9 Å². The second-order valence-corrected chi connectivity index (χ2v) is 3.66. The van der Waals surface area contributed by atoms with Crippen LogP contribution in [-0.4, -0.2) is 32.0 Å². The number of carboxylic acids is 1. The van der Waals surface area contributed by atoms with Crippen LogP contribution in [0.25, 0.3) is 0 Å². The summed E-state index contributed by atoms with van der Waals surface area (Å²) in [5.41, 5.74) is 0.259. The molecule has 0 saturated carbocycles. The van der Waals surface area contributed by atoms with E-state index in [2.05, 4.69) is 15.6 Å². The summed E-state index contributed by atoms with van der Waals surface area (Å²) in [4.78, 5) is 22.2. The number of nitrogens with zero attached hydrogens (tertiary/aromatic N) is 3. The summed E-state index contributed by atoms with van der Waals surface area (Å²) in [6.45, 7) is -0.348. The Morgan fingerprint density at radius 3 is 2.63 bits per heavy atom. The standard InChI is InChI=1S/C11H9FN4O3/c12-8-3-1-7(2-4-8)11(19)13-9-5-16(15-14-9)6-10(17)18/h1-5H,6H2,(H,13,19)(H,17,18). The number of aromatic nitrogens is 3. The van der Waals surface area contributed by atoms with Crippen molar-refractivity contribution in [1.82, 2.24) is 15.0 Å². The van der Waals surface area contributed by atoms with Crippen LogP contribution in [-0.2, 0) is 11.3 Å². The molecule has 1 amide bonds. The molecule has 0 aliphatic carbocycles. The zero-order chi connectivity index (χ0) is 13.8. The first-order chi connectivity index (χ1) is 9.04. The fourth-order valence-electron chi connectivity index (χ4n) is 1.36. The monoisotopic (exact) mass is 264 g/mol. The van der Waals surface area contributed by atoms with E-state index < -0.39 is 17.7 Å². The van der Waals surface area contributed by atoms with Crippen molar-refractivity contribution in [2.24, 2.45) is 0 Å². The van der Waals surface area contributed by atoms with Crippen molar-refractivity contribution in [2.45, 2.75) is 6.54 Å². The van der Waals surface area contributed by atoms with Crippen molar-refractivity contribution in [3.05, 3.63) is 41.8 Å². The van der Waals surface area contributed by atoms with Gasteiger partial charge in [-0.25, -0.2) is 9.07 Å². The molecule has 7 nitrogen and oxygen atoms in total. The van der Waals surface area contributed by atoms with Crippen LogP contribution >= 0.6 is 0 Å². The van der Waals surface area contributed by atoms with Gasteiger partial charge in [0.25, 0.3) is 5.91 Å². The minimum absolute atomic E-state index is 0.121. The lowest BCUT2D eigenvalue weighted by atomic mass is 10.2. The zero-order valence-corrected chi connectivity index (χ0v) is 9.58. The molecule has 1 aromatic heterocycles. The van der Waals surface area contributed by atoms with E-state index >= 15 is 0 Å². The molecular formula is C11H9FN4O3. The SMILES string of the molecule is O=C(O)Cn1cc(NC(=O)c2ccc(F)cc2)nn1. The van der Waals surface area contributed by atoms with Gasteiger partial charge in [0.05, 0.1) is 6.20 Å². The summed E-state index contributed by atoms with van der Waals surface area (Å²) in [6, 6.07) is 4.98. The highest BCUT2D eigenvalue weighted by Gasteiger charge is 2.09. The Balaban J connectivity index is 2.04. The largest absolute Gasteiger partial charge is 0.480 e. The molecule has 0 unspecified atom stereocenters. The van der Waals surface area contributed by atoms with E-state index in [0.29, 0.717) is 0 Å². The molecule has 0 saturated heterocycles. The average molecular weight is 264 g/mol. The van der Waals surface area contributed by atoms with Gasteiger partial charge in [0.15, 0.2) is 5.82 Å². The minimum Gasteiger partial charge on any atom is -0.480 e. The number of rotatable bonds is 4. The van der Waals surface area contributed by atoms with E-state index in [0.717, 1.165) is 16.8 Å². The van der Waals surface area contributed by atoms with Gasteiger partial charge in [-0.15, -0.1) is 5.10 Å². The highest BCUT2D eigenvalue weighted by Crippen LogP contribution is 2.07. The molecule has 0 atom stereocenters. The summed E-state index contributed by atoms with van der Waals surface area (Å²) >= 11 is 0. The number of nitrogens with one attached hydrogen (secondary N) is 1. The van der Waals surface area contributed by atoms with Crippen LogP contribution in [0.5, 0.6) is 0 Å². The number of amides is 1. The van der Waals surface area contributed by atoms with E-state index in [1.54, 1.807) is 0 Å². The summed E-state index contributed by atoms with van der Waals surface area (Å²) in [5, 5.41) is 18.1. The number of carboxylic acid groups (broad SMARTS) is 1. The first kappa shape index (κ1) is 12.7. The van der Waals surface area contributed by atoms with Gasteiger partial charge in [0, 0.05) is 5.56 Å². The molecule has 8 heteroatoms. The van der Waals surface area contributed by atoms with Crippen LogP contribution in [0.1, 0.15) is 10.4 Å². The first-order valence-corrected chi connectivity index (χ1v) is 5.23. The van der Waals surface area contributed by atoms with Gasteiger partial charge in [0.1, 0.15) is 12.4 Å². The Morgan fingerprint density at radius 2 is 2.00 bits per heavy atom. The van der Waals surface area contributed by atoms with Gasteiger partial charge in [-0.05, 0) is 24.3 Å². The lowest BCUT2D eigenvalue weighted by molar-refractivity contribution is -0.137. The van der Waals surface area contributed by atoms with Crippen LogP contribution in [0.15, 0.2) is 30.5 Å². The van der Waals surface area contributed by atoms with Gasteiger partial charge in [-0.1, -0.05) is 5.21 Å². The molecular weight excluding hydrogens is 255 g/mol. The summed E-state index contributed by atoms with van der Waals surface area (Å²) in [7, 11) is 0. The van der Waals surface area contributed by atoms with E-state index in [9.17, 15) is 14.0 Å². The third-order valence-corrected chi connectivity index (χ3v) is 2.18. The predicted octanol–water partition coefficient (Wildman–Crippen LogP) is 0.754. The van der Waals surface area contributed by atoms with E-state index in [4.69, 9.17) is 5.11 Å². The van der Waals surface area contributed by atoms with Gasteiger partial charge in [0.2, 0.25) is 0 Å². The average Bonchev–Trinajstić information content (AvgIpc) is 2.76. The van der Waals surface area contributed by atoms with Crippen molar-refractivity contribution >= 4 is 17.7 Å². The summed E-state index contributed by atoms with van der Waals surface area (Å²) in [5.74, 6) is -1.87. The Morgan fingerprint density at radius 1 is 1.32 bits per heavy atom. The summed E-state index contributed by atoms with van der Waals surface area (Å²) in [6.07, 6.45) is 1.29. The summed E-state index contributed by atoms with van der Waals surface area (Å²) < 4.78 is 13.8. The van der Waals surface area contributed by atoms with Crippen molar-refractivity contribution in [2.75, 3.05) is 5.32 Å². The van der Waals surface area contributed by atoms with Gasteiger partial charge < -0.3 is 10.4 Å². The number of benzene rings is 1. The Bertz CT molecular complexity index is 609. The Hall–Kier alpha value is -2.77. The van der Waals surface area contributed by atoms with Gasteiger partial charge >= 0.3 is 5.97 Å². The van der Waals surface area contributed by atoms with Gasteiger partial charge in [-0.2, -0.15) is 0 Å². The van der Waals surface area contributed by atoms with Crippen LogP contribution in [0.2, 0.25) is 0 Å². The molecule has 0 bridgehead atoms. The quantitative estimate of drug-likeness (QED) is 0.849. The van der Waals surface area contributed by atoms with Crippen LogP contribution in [0.4, 0.5) is 10.2 Å². The third kappa shape index (κ3) is 3.35. The molecule has 1 heterocycles. The van der Waals surface area contributed by atoms with Crippen molar-refractivity contribution < 1.29 is 19.1 Å². The number of carbonyl (C=O) groups excluding carboxylic acids is 1. The molecule has 0 spiro atoms. The number of hydrogen-bond acceptors (Lipinski definition) is 4. The highest BCUT2D eigenvalue weighted by atomic mass is 19.1. The molecule has 0 fully saturated rings. The number of hydrogen-bond donors (Lipinski definition) is 2. The van der Waals surface area contributed by atoms with Crippen LogP contribution in [0.3, 0.4) is 0 Å². The third-order valence-electron chi connectivity index (χ3n) is 2.18. The van der Waals surface area contributed by atoms with Crippen molar-refractivity contribution in [3.63, 3.8) is 0 Å². The molecule has 0 aliphatic heterocycles. The topological polar surface area (TPSA) is 97.1 Å². The maximum absolute atomic E-state index is 12.7. The lowest BCUT2D eigenvalue weighted by Crippen LogP contribution is -2.12. The molecule has 19 heavy (non-hydrogen) atoms. The fraction of sp³-hybridized carbons (Fsp3) is 0.0909. The molecule has 2 aromatic rings. The first-order valence-electron chi connectivity index (χ1n) is 5.23. The second kappa shape index (κ2) is 5.25. The Kier molecular flexibility index (Phi) is 3.51. The van der Waals surface area contributed by atoms with E-state index in [1.165, 1.54) is 18.3 Å². The number of carbonyl (C=O) groups is 2. The predicted molar refractivity (Wildman–Crippen MR) is 62.0 cm³/mol. The van der Waals surface area contributed by atoms with Gasteiger partial charge in [-0.3, -0.25) is 9.59 Å². The Labute approximate surface area is 106 Å². The second-order valence-electron chi connectivity index (χ2n) is 3.66. The highest BCUT2D eigenvalue weighted by molar-refractivity contribution is 6.03. The number of anilines is 1. The maximum Gasteiger partial charge on any atom is 0.325 e. The molecule has 2 N–H and O–H groups in total. The van der Waals surface area contributed by atoms with Crippen LogP contribution < -0.4 is 5.32 Å². The number of halogens is 1. The van der Waals surface area contributed by atoms with Crippen LogP contribution in [0, 0.1) is 5.82 Å². The van der Waals surface area contributed by atoms with Crippen molar-refractivity contribution in [3.8, 4) is 0 Å². The maximum atomic E-state index is 12.7. The zero-order valence-electron chi connectivity index (χ0n) is 9.58. The normalized spacial score (nSPS) is 10.2. The molecule has 1 aromatic carbocycles. The van der Waals surface area contributed by atoms with E-state index in [1.807, 2.05) is 0 Å². The fourth-order valence-corrected chi connectivity index (χ4v) is 1.36. The smallest absolute Gasteiger partial charge is 0.325 e. The molecule has 0 radical (unpaired) electrons. The molecule has 98 valence electrons. The molecule has 2 rings (SSSR count). The minimum atomic E-state index is -1.07.